The van der Waals surface area contributed by atoms with Gasteiger partial charge >= 0.3 is 5.91 Å². The van der Waals surface area contributed by atoms with E-state index in [0.717, 1.165) is 43.2 Å². The number of likely N-dealkylation sites (tertiary alicyclic amines) is 1. The van der Waals surface area contributed by atoms with Gasteiger partial charge in [-0.2, -0.15) is 5.26 Å². The van der Waals surface area contributed by atoms with Gasteiger partial charge in [-0.3, -0.25) is 9.28 Å². The van der Waals surface area contributed by atoms with Gasteiger partial charge in [0.05, 0.1) is 31.5 Å². The van der Waals surface area contributed by atoms with Crippen LogP contribution in [-0.2, 0) is 21.5 Å². The SMILES string of the molecule is CC(C)[C@@](C#N)(CCCCC(=O)[N@+]1(C)CCCC1C(=O)NCc1ccccc1)c1ccccc1. The number of carbonyl (C=O) groups excluding carboxylic acids is 2. The van der Waals surface area contributed by atoms with Crippen molar-refractivity contribution in [1.29, 1.82) is 5.26 Å². The quantitative estimate of drug-likeness (QED) is 0.395. The maximum atomic E-state index is 13.3. The number of nitrogens with one attached hydrogen (secondary N) is 1. The van der Waals surface area contributed by atoms with Crippen LogP contribution in [0.15, 0.2) is 60.7 Å². The summed E-state index contributed by atoms with van der Waals surface area (Å²) in [6.45, 7) is 5.38. The predicted molar refractivity (Wildman–Crippen MR) is 134 cm³/mol. The number of nitriles is 1. The van der Waals surface area contributed by atoms with Crippen LogP contribution in [-0.4, -0.2) is 35.9 Å². The Morgan fingerprint density at radius 2 is 1.74 bits per heavy atom. The van der Waals surface area contributed by atoms with Crippen LogP contribution in [0.5, 0.6) is 0 Å². The van der Waals surface area contributed by atoms with Gasteiger partial charge in [-0.25, -0.2) is 4.79 Å². The Morgan fingerprint density at radius 1 is 1.09 bits per heavy atom. The molecular formula is C29H38N3O2+. The summed E-state index contributed by atoms with van der Waals surface area (Å²) in [6.07, 6.45) is 4.31. The molecular weight excluding hydrogens is 422 g/mol. The average molecular weight is 461 g/mol. The Bertz CT molecular complexity index is 999. The molecule has 1 aliphatic heterocycles. The highest BCUT2D eigenvalue weighted by molar-refractivity contribution is 5.83. The summed E-state index contributed by atoms with van der Waals surface area (Å²) < 4.78 is 0.187. The number of carbonyl (C=O) groups is 2. The van der Waals surface area contributed by atoms with Gasteiger partial charge in [0.25, 0.3) is 5.91 Å². The lowest BCUT2D eigenvalue weighted by Gasteiger charge is -2.33. The van der Waals surface area contributed by atoms with Gasteiger partial charge in [-0.05, 0) is 29.9 Å². The molecule has 3 rings (SSSR count). The summed E-state index contributed by atoms with van der Waals surface area (Å²) in [5.74, 6) is 0.269. The Balaban J connectivity index is 1.56. The molecule has 2 aromatic rings. The highest BCUT2D eigenvalue weighted by Gasteiger charge is 2.47. The normalized spacial score (nSPS) is 21.6. The molecule has 1 aliphatic rings. The zero-order valence-electron chi connectivity index (χ0n) is 20.8. The molecule has 1 N–H and O–H groups in total. The number of nitrogens with zero attached hydrogens (tertiary/aromatic N) is 2. The molecule has 5 nitrogen and oxygen atoms in total. The summed E-state index contributed by atoms with van der Waals surface area (Å²) >= 11 is 0. The second kappa shape index (κ2) is 11.4. The topological polar surface area (TPSA) is 70.0 Å². The lowest BCUT2D eigenvalue weighted by atomic mass is 9.69. The number of unbranched alkanes of at least 4 members (excludes halogenated alkanes) is 1. The van der Waals surface area contributed by atoms with Crippen molar-refractivity contribution in [3.05, 3.63) is 71.8 Å². The minimum atomic E-state index is -0.545. The molecule has 180 valence electrons. The Morgan fingerprint density at radius 3 is 2.35 bits per heavy atom. The molecule has 2 amide bonds. The number of benzene rings is 2. The largest absolute Gasteiger partial charge is 0.347 e. The van der Waals surface area contributed by atoms with Crippen LogP contribution in [0, 0.1) is 17.2 Å². The minimum absolute atomic E-state index is 0.0374. The minimum Gasteiger partial charge on any atom is -0.347 e. The molecule has 3 atom stereocenters. The van der Waals surface area contributed by atoms with E-state index >= 15 is 0 Å². The first-order valence-corrected chi connectivity index (χ1v) is 12.5. The highest BCUT2D eigenvalue weighted by Crippen LogP contribution is 2.37. The molecule has 0 aromatic heterocycles. The zero-order chi connectivity index (χ0) is 24.6. The molecule has 1 unspecified atom stereocenters. The first kappa shape index (κ1) is 25.6. The Hall–Kier alpha value is -2.97. The van der Waals surface area contributed by atoms with Crippen LogP contribution in [0.1, 0.15) is 63.5 Å². The van der Waals surface area contributed by atoms with E-state index in [1.54, 1.807) is 0 Å². The maximum Gasteiger partial charge on any atom is 0.314 e. The van der Waals surface area contributed by atoms with Crippen molar-refractivity contribution < 1.29 is 14.1 Å². The molecule has 2 aromatic carbocycles. The van der Waals surface area contributed by atoms with E-state index in [-0.39, 0.29) is 28.3 Å². The first-order valence-electron chi connectivity index (χ1n) is 12.5. The number of likely N-dealkylation sites (N-methyl/N-ethyl adjacent to an activating group) is 1. The van der Waals surface area contributed by atoms with Crippen molar-refractivity contribution in [2.75, 3.05) is 13.6 Å². The second-order valence-corrected chi connectivity index (χ2v) is 10.1. The summed E-state index contributed by atoms with van der Waals surface area (Å²) in [5, 5.41) is 13.1. The van der Waals surface area contributed by atoms with Crippen molar-refractivity contribution >= 4 is 11.8 Å². The lowest BCUT2D eigenvalue weighted by Crippen LogP contribution is -2.58. The van der Waals surface area contributed by atoms with E-state index in [0.29, 0.717) is 19.5 Å². The number of quaternary nitrogens is 1. The van der Waals surface area contributed by atoms with Gasteiger partial charge in [0, 0.05) is 19.4 Å². The van der Waals surface area contributed by atoms with Crippen molar-refractivity contribution in [1.82, 2.24) is 5.32 Å². The van der Waals surface area contributed by atoms with Gasteiger partial charge in [0.1, 0.15) is 0 Å². The van der Waals surface area contributed by atoms with Crippen LogP contribution >= 0.6 is 0 Å². The molecule has 0 spiro atoms. The van der Waals surface area contributed by atoms with Crippen molar-refractivity contribution in [2.45, 2.75) is 70.4 Å². The van der Waals surface area contributed by atoms with Crippen LogP contribution < -0.4 is 5.32 Å². The van der Waals surface area contributed by atoms with Gasteiger partial charge in [0.15, 0.2) is 6.04 Å². The number of hydrogen-bond acceptors (Lipinski definition) is 3. The smallest absolute Gasteiger partial charge is 0.314 e. The average Bonchev–Trinajstić information content (AvgIpc) is 3.26. The molecule has 0 saturated carbocycles. The maximum absolute atomic E-state index is 13.3. The third kappa shape index (κ3) is 5.56. The van der Waals surface area contributed by atoms with Crippen molar-refractivity contribution in [3.63, 3.8) is 0 Å². The van der Waals surface area contributed by atoms with E-state index in [1.807, 2.05) is 67.7 Å². The first-order chi connectivity index (χ1) is 16.3. The number of amides is 2. The molecule has 5 heteroatoms. The fourth-order valence-corrected chi connectivity index (χ4v) is 5.33. The van der Waals surface area contributed by atoms with E-state index in [4.69, 9.17) is 0 Å². The van der Waals surface area contributed by atoms with Crippen molar-refractivity contribution in [3.8, 4) is 6.07 Å². The zero-order valence-corrected chi connectivity index (χ0v) is 20.8. The van der Waals surface area contributed by atoms with E-state index in [9.17, 15) is 14.9 Å². The van der Waals surface area contributed by atoms with Crippen LogP contribution in [0.25, 0.3) is 0 Å². The summed E-state index contributed by atoms with van der Waals surface area (Å²) in [5.41, 5.74) is 1.56. The third-order valence-corrected chi connectivity index (χ3v) is 7.66. The molecule has 0 aliphatic carbocycles. The molecule has 1 heterocycles. The summed E-state index contributed by atoms with van der Waals surface area (Å²) in [4.78, 5) is 26.2. The predicted octanol–water partition coefficient (Wildman–Crippen LogP) is 5.12. The number of rotatable bonds is 10. The Kier molecular flexibility index (Phi) is 8.63. The lowest BCUT2D eigenvalue weighted by molar-refractivity contribution is -0.837. The fourth-order valence-electron chi connectivity index (χ4n) is 5.33. The fraction of sp³-hybridized carbons (Fsp3) is 0.483. The second-order valence-electron chi connectivity index (χ2n) is 10.1. The van der Waals surface area contributed by atoms with E-state index < -0.39 is 5.41 Å². The van der Waals surface area contributed by atoms with Crippen LogP contribution in [0.3, 0.4) is 0 Å². The molecule has 1 fully saturated rings. The summed E-state index contributed by atoms with van der Waals surface area (Å²) in [7, 11) is 1.92. The molecule has 0 bridgehead atoms. The standard InChI is InChI=1S/C29H37N3O2/c1-23(2)29(22-30,25-15-8-5-9-16-25)19-11-10-18-27(33)32(3)20-12-17-26(32)28(34)31-21-24-13-6-4-7-14-24/h4-9,13-16,23,26H,10-12,17-21H2,1-3H3/p+1/t26?,29-,32+/m0/s1. The Labute approximate surface area is 204 Å². The molecule has 1 saturated heterocycles. The number of hydrogen-bond donors (Lipinski definition) is 1. The molecule has 0 radical (unpaired) electrons. The monoisotopic (exact) mass is 460 g/mol. The van der Waals surface area contributed by atoms with Gasteiger partial charge in [0.2, 0.25) is 0 Å². The van der Waals surface area contributed by atoms with Gasteiger partial charge in [-0.15, -0.1) is 0 Å². The summed E-state index contributed by atoms with van der Waals surface area (Å²) in [6, 6.07) is 22.1. The van der Waals surface area contributed by atoms with E-state index in [1.165, 1.54) is 0 Å². The highest BCUT2D eigenvalue weighted by atomic mass is 16.2. The van der Waals surface area contributed by atoms with Crippen molar-refractivity contribution in [2.24, 2.45) is 5.92 Å². The third-order valence-electron chi connectivity index (χ3n) is 7.66. The van der Waals surface area contributed by atoms with E-state index in [2.05, 4.69) is 25.2 Å². The molecule has 34 heavy (non-hydrogen) atoms. The van der Waals surface area contributed by atoms with Gasteiger partial charge < -0.3 is 5.32 Å². The van der Waals surface area contributed by atoms with Gasteiger partial charge in [-0.1, -0.05) is 80.9 Å². The van der Waals surface area contributed by atoms with Crippen LogP contribution in [0.2, 0.25) is 0 Å². The van der Waals surface area contributed by atoms with Crippen LogP contribution in [0.4, 0.5) is 0 Å².